The van der Waals surface area contributed by atoms with Gasteiger partial charge in [0.05, 0.1) is 17.1 Å². The largest absolute Gasteiger partial charge is 0.278 e. The Morgan fingerprint density at radius 2 is 1.23 bits per heavy atom. The van der Waals surface area contributed by atoms with Crippen LogP contribution in [0.4, 0.5) is 5.69 Å². The third kappa shape index (κ3) is 5.64. The molecule has 0 bridgehead atoms. The first-order valence-electron chi connectivity index (χ1n) is 9.81. The van der Waals surface area contributed by atoms with Crippen LogP contribution in [0.25, 0.3) is 0 Å². The van der Waals surface area contributed by atoms with E-state index < -0.39 is 0 Å². The average Bonchev–Trinajstić information content (AvgIpc) is 2.76. The molecule has 0 radical (unpaired) electrons. The molecule has 0 fully saturated rings. The van der Waals surface area contributed by atoms with E-state index in [9.17, 15) is 4.79 Å². The molecule has 3 aromatic carbocycles. The summed E-state index contributed by atoms with van der Waals surface area (Å²) in [6, 6.07) is 23.4. The molecule has 3 aromatic rings. The van der Waals surface area contributed by atoms with Crippen molar-refractivity contribution in [3.05, 3.63) is 101 Å². The predicted octanol–water partition coefficient (Wildman–Crippen LogP) is 5.29. The van der Waals surface area contributed by atoms with Gasteiger partial charge in [-0.3, -0.25) is 10.2 Å². The topological polar surface area (TPSA) is 65.8 Å². The Labute approximate surface area is 177 Å². The molecular weight excluding hydrogens is 372 g/mol. The second-order valence-corrected chi connectivity index (χ2v) is 7.26. The molecule has 152 valence electrons. The van der Waals surface area contributed by atoms with Gasteiger partial charge in [0.25, 0.3) is 5.91 Å². The molecule has 0 aliphatic heterocycles. The second kappa shape index (κ2) is 9.65. The van der Waals surface area contributed by atoms with Crippen LogP contribution in [0, 0.1) is 13.8 Å². The van der Waals surface area contributed by atoms with Gasteiger partial charge in [0.1, 0.15) is 0 Å². The van der Waals surface area contributed by atoms with Crippen molar-refractivity contribution in [2.45, 2.75) is 27.7 Å². The van der Waals surface area contributed by atoms with Crippen molar-refractivity contribution in [1.82, 2.24) is 5.43 Å². The molecule has 0 aliphatic rings. The van der Waals surface area contributed by atoms with Crippen LogP contribution >= 0.6 is 0 Å². The highest BCUT2D eigenvalue weighted by atomic mass is 16.2. The van der Waals surface area contributed by atoms with E-state index >= 15 is 0 Å². The number of hydrogen-bond acceptors (Lipinski definition) is 4. The lowest BCUT2D eigenvalue weighted by Crippen LogP contribution is -2.19. The van der Waals surface area contributed by atoms with Crippen molar-refractivity contribution in [3.8, 4) is 0 Å². The highest BCUT2D eigenvalue weighted by Gasteiger charge is 2.06. The quantitative estimate of drug-likeness (QED) is 0.437. The van der Waals surface area contributed by atoms with Crippen LogP contribution in [-0.2, 0) is 0 Å². The van der Waals surface area contributed by atoms with Gasteiger partial charge in [-0.05, 0) is 57.0 Å². The third-order valence-electron chi connectivity index (χ3n) is 4.74. The molecule has 2 N–H and O–H groups in total. The summed E-state index contributed by atoms with van der Waals surface area (Å²) in [5.41, 5.74) is 12.9. The normalized spacial score (nSPS) is 11.9. The number of nitrogens with one attached hydrogen (secondary N) is 2. The van der Waals surface area contributed by atoms with E-state index in [2.05, 4.69) is 40.1 Å². The maximum Gasteiger partial charge on any atom is 0.271 e. The Kier molecular flexibility index (Phi) is 6.75. The summed E-state index contributed by atoms with van der Waals surface area (Å²) in [5, 5.41) is 8.64. The lowest BCUT2D eigenvalue weighted by Gasteiger charge is -2.07. The van der Waals surface area contributed by atoms with Crippen LogP contribution in [0.3, 0.4) is 0 Å². The first kappa shape index (κ1) is 21.0. The van der Waals surface area contributed by atoms with Gasteiger partial charge in [0, 0.05) is 5.56 Å². The first-order chi connectivity index (χ1) is 14.4. The van der Waals surface area contributed by atoms with E-state index in [4.69, 9.17) is 0 Å². The fourth-order valence-electron chi connectivity index (χ4n) is 2.80. The lowest BCUT2D eigenvalue weighted by molar-refractivity contribution is 0.0955. The van der Waals surface area contributed by atoms with Crippen LogP contribution in [-0.4, -0.2) is 17.3 Å². The molecule has 0 saturated carbocycles. The highest BCUT2D eigenvalue weighted by Crippen LogP contribution is 2.12. The van der Waals surface area contributed by atoms with Crippen molar-refractivity contribution < 1.29 is 4.79 Å². The number of rotatable bonds is 6. The van der Waals surface area contributed by atoms with E-state index in [1.807, 2.05) is 69.3 Å². The van der Waals surface area contributed by atoms with E-state index in [0.29, 0.717) is 5.56 Å². The zero-order chi connectivity index (χ0) is 21.5. The van der Waals surface area contributed by atoms with Gasteiger partial charge in [-0.2, -0.15) is 10.2 Å². The van der Waals surface area contributed by atoms with Gasteiger partial charge < -0.3 is 0 Å². The number of hydrogen-bond donors (Lipinski definition) is 2. The van der Waals surface area contributed by atoms with Gasteiger partial charge in [0.2, 0.25) is 0 Å². The maximum absolute atomic E-state index is 12.5. The Hall–Kier alpha value is -3.73. The van der Waals surface area contributed by atoms with Crippen LogP contribution < -0.4 is 10.9 Å². The summed E-state index contributed by atoms with van der Waals surface area (Å²) in [6.45, 7) is 7.89. The summed E-state index contributed by atoms with van der Waals surface area (Å²) in [5.74, 6) is -0.274. The van der Waals surface area contributed by atoms with E-state index in [1.165, 1.54) is 11.1 Å². The Morgan fingerprint density at radius 1 is 0.700 bits per heavy atom. The number of amides is 1. The van der Waals surface area contributed by atoms with Gasteiger partial charge in [0.15, 0.2) is 0 Å². The number of nitrogens with zero attached hydrogens (tertiary/aromatic N) is 2. The standard InChI is InChI=1S/C25H26N4O/c1-17-8-12-21(13-9-17)19(3)26-28-24-7-5-6-23(16-24)25(30)29-27-20(4)22-14-10-18(2)11-15-22/h5-16,28H,1-4H3,(H,29,30). The lowest BCUT2D eigenvalue weighted by atomic mass is 10.1. The molecule has 0 spiro atoms. The minimum absolute atomic E-state index is 0.274. The SMILES string of the molecule is CC(=NNC(=O)c1cccc(NN=C(C)c2ccc(C)cc2)c1)c1ccc(C)cc1. The molecule has 5 heteroatoms. The Balaban J connectivity index is 1.66. The summed E-state index contributed by atoms with van der Waals surface area (Å²) in [6.07, 6.45) is 0. The molecule has 30 heavy (non-hydrogen) atoms. The Morgan fingerprint density at radius 3 is 1.80 bits per heavy atom. The molecular formula is C25H26N4O. The van der Waals surface area contributed by atoms with Crippen LogP contribution in [0.15, 0.2) is 83.0 Å². The van der Waals surface area contributed by atoms with E-state index in [0.717, 1.165) is 28.2 Å². The minimum atomic E-state index is -0.274. The van der Waals surface area contributed by atoms with Gasteiger partial charge >= 0.3 is 0 Å². The number of carbonyl (C=O) groups excluding carboxylic acids is 1. The molecule has 0 unspecified atom stereocenters. The fourth-order valence-corrected chi connectivity index (χ4v) is 2.80. The first-order valence-corrected chi connectivity index (χ1v) is 9.81. The molecule has 0 heterocycles. The van der Waals surface area contributed by atoms with Crippen molar-refractivity contribution >= 4 is 23.0 Å². The van der Waals surface area contributed by atoms with E-state index in [1.54, 1.807) is 12.1 Å². The maximum atomic E-state index is 12.5. The number of carbonyl (C=O) groups is 1. The van der Waals surface area contributed by atoms with E-state index in [-0.39, 0.29) is 5.91 Å². The fraction of sp³-hybridized carbons (Fsp3) is 0.160. The van der Waals surface area contributed by atoms with Crippen LogP contribution in [0.1, 0.15) is 46.5 Å². The molecule has 0 aromatic heterocycles. The number of aryl methyl sites for hydroxylation is 2. The van der Waals surface area contributed by atoms with Crippen molar-refractivity contribution in [1.29, 1.82) is 0 Å². The summed E-state index contributed by atoms with van der Waals surface area (Å²) >= 11 is 0. The molecule has 3 rings (SSSR count). The van der Waals surface area contributed by atoms with Gasteiger partial charge in [-0.15, -0.1) is 0 Å². The zero-order valence-corrected chi connectivity index (χ0v) is 17.7. The molecule has 0 atom stereocenters. The molecule has 0 aliphatic carbocycles. The zero-order valence-electron chi connectivity index (χ0n) is 17.7. The highest BCUT2D eigenvalue weighted by molar-refractivity contribution is 6.01. The number of benzene rings is 3. The van der Waals surface area contributed by atoms with Crippen molar-refractivity contribution in [3.63, 3.8) is 0 Å². The summed E-state index contributed by atoms with van der Waals surface area (Å²) in [7, 11) is 0. The molecule has 1 amide bonds. The second-order valence-electron chi connectivity index (χ2n) is 7.26. The average molecular weight is 399 g/mol. The predicted molar refractivity (Wildman–Crippen MR) is 124 cm³/mol. The van der Waals surface area contributed by atoms with Gasteiger partial charge in [-0.25, -0.2) is 5.43 Å². The van der Waals surface area contributed by atoms with Crippen molar-refractivity contribution in [2.24, 2.45) is 10.2 Å². The summed E-state index contributed by atoms with van der Waals surface area (Å²) in [4.78, 5) is 12.5. The Bertz CT molecular complexity index is 1080. The van der Waals surface area contributed by atoms with Gasteiger partial charge in [-0.1, -0.05) is 65.7 Å². The third-order valence-corrected chi connectivity index (χ3v) is 4.74. The van der Waals surface area contributed by atoms with Crippen molar-refractivity contribution in [2.75, 3.05) is 5.43 Å². The monoisotopic (exact) mass is 398 g/mol. The smallest absolute Gasteiger partial charge is 0.271 e. The molecule has 0 saturated heterocycles. The van der Waals surface area contributed by atoms with Crippen LogP contribution in [0.2, 0.25) is 0 Å². The summed E-state index contributed by atoms with van der Waals surface area (Å²) < 4.78 is 0. The van der Waals surface area contributed by atoms with Crippen LogP contribution in [0.5, 0.6) is 0 Å². The molecule has 5 nitrogen and oxygen atoms in total. The minimum Gasteiger partial charge on any atom is -0.278 e. The number of hydrazone groups is 2. The number of anilines is 1.